The van der Waals surface area contributed by atoms with E-state index in [1.165, 1.54) is 0 Å². The number of carbonyl (C=O) groups excluding carboxylic acids is 2. The fraction of sp³-hybridized carbons (Fsp3) is 0.333. The molecule has 1 N–H and O–H groups in total. The molecule has 0 fully saturated rings. The molecule has 0 saturated heterocycles. The number of nitrogens with zero attached hydrogens (tertiary/aromatic N) is 1. The summed E-state index contributed by atoms with van der Waals surface area (Å²) >= 11 is 6.08. The van der Waals surface area contributed by atoms with Crippen molar-refractivity contribution in [2.24, 2.45) is 0 Å². The summed E-state index contributed by atoms with van der Waals surface area (Å²) in [6.45, 7) is 5.02. The first-order valence-electron chi connectivity index (χ1n) is 12.4. The molecular formula is C30H35ClN2O2. The lowest BCUT2D eigenvalue weighted by molar-refractivity contribution is -0.141. The van der Waals surface area contributed by atoms with Gasteiger partial charge in [0, 0.05) is 30.5 Å². The smallest absolute Gasteiger partial charge is 0.242 e. The van der Waals surface area contributed by atoms with E-state index in [4.69, 9.17) is 11.6 Å². The lowest BCUT2D eigenvalue weighted by Gasteiger charge is -2.32. The van der Waals surface area contributed by atoms with E-state index in [-0.39, 0.29) is 24.2 Å². The Morgan fingerprint density at radius 3 is 1.94 bits per heavy atom. The fourth-order valence-electron chi connectivity index (χ4n) is 4.30. The standard InChI is InChI=1S/C30H35ClN2O2/c1-3-5-20-32-30(35)28(4-2)33(22-23-16-18-26(31)19-17-23)29(34)21-27(24-12-8-6-9-13-24)25-14-10-7-11-15-25/h6-19,27-28H,3-5,20-22H2,1-2H3,(H,32,35)/t28-/m1/s1. The molecule has 3 rings (SSSR count). The Hall–Kier alpha value is -3.11. The SMILES string of the molecule is CCCCNC(=O)[C@@H](CC)N(Cc1ccc(Cl)cc1)C(=O)CC(c1ccccc1)c1ccccc1. The van der Waals surface area contributed by atoms with Crippen LogP contribution < -0.4 is 5.32 Å². The third-order valence-corrected chi connectivity index (χ3v) is 6.52. The van der Waals surface area contributed by atoms with Gasteiger partial charge in [0.05, 0.1) is 0 Å². The van der Waals surface area contributed by atoms with Crippen molar-refractivity contribution in [2.75, 3.05) is 6.54 Å². The molecule has 0 unspecified atom stereocenters. The maximum Gasteiger partial charge on any atom is 0.242 e. The molecule has 0 aliphatic heterocycles. The Morgan fingerprint density at radius 2 is 1.43 bits per heavy atom. The van der Waals surface area contributed by atoms with Crippen LogP contribution in [0, 0.1) is 0 Å². The molecular weight excluding hydrogens is 456 g/mol. The minimum Gasteiger partial charge on any atom is -0.354 e. The van der Waals surface area contributed by atoms with Gasteiger partial charge in [-0.3, -0.25) is 9.59 Å². The second kappa shape index (κ2) is 13.7. The molecule has 0 radical (unpaired) electrons. The van der Waals surface area contributed by atoms with Crippen LogP contribution in [-0.2, 0) is 16.1 Å². The van der Waals surface area contributed by atoms with Crippen molar-refractivity contribution in [3.63, 3.8) is 0 Å². The summed E-state index contributed by atoms with van der Waals surface area (Å²) in [5.74, 6) is -0.243. The quantitative estimate of drug-likeness (QED) is 0.291. The van der Waals surface area contributed by atoms with Gasteiger partial charge in [0.2, 0.25) is 11.8 Å². The molecule has 4 nitrogen and oxygen atoms in total. The summed E-state index contributed by atoms with van der Waals surface area (Å²) in [7, 11) is 0. The van der Waals surface area contributed by atoms with Gasteiger partial charge in [-0.25, -0.2) is 0 Å². The molecule has 1 atom stereocenters. The Labute approximate surface area is 214 Å². The van der Waals surface area contributed by atoms with Crippen LogP contribution in [0.5, 0.6) is 0 Å². The number of rotatable bonds is 12. The average molecular weight is 491 g/mol. The van der Waals surface area contributed by atoms with Crippen LogP contribution in [-0.4, -0.2) is 29.3 Å². The molecule has 3 aromatic carbocycles. The molecule has 2 amide bonds. The summed E-state index contributed by atoms with van der Waals surface area (Å²) in [4.78, 5) is 28.8. The number of nitrogens with one attached hydrogen (secondary N) is 1. The molecule has 0 bridgehead atoms. The van der Waals surface area contributed by atoms with Gasteiger partial charge in [0.15, 0.2) is 0 Å². The van der Waals surface area contributed by atoms with Gasteiger partial charge in [-0.2, -0.15) is 0 Å². The van der Waals surface area contributed by atoms with Crippen LogP contribution in [0.4, 0.5) is 0 Å². The predicted octanol–water partition coefficient (Wildman–Crippen LogP) is 6.59. The number of amides is 2. The molecule has 0 aliphatic carbocycles. The van der Waals surface area contributed by atoms with Gasteiger partial charge < -0.3 is 10.2 Å². The summed E-state index contributed by atoms with van der Waals surface area (Å²) in [6, 6.07) is 27.1. The van der Waals surface area contributed by atoms with Crippen LogP contribution in [0.25, 0.3) is 0 Å². The molecule has 35 heavy (non-hydrogen) atoms. The van der Waals surface area contributed by atoms with E-state index in [9.17, 15) is 9.59 Å². The molecule has 0 heterocycles. The van der Waals surface area contributed by atoms with E-state index in [1.54, 1.807) is 4.90 Å². The van der Waals surface area contributed by atoms with Crippen molar-refractivity contribution >= 4 is 23.4 Å². The minimum atomic E-state index is -0.540. The molecule has 0 aliphatic rings. The summed E-state index contributed by atoms with van der Waals surface area (Å²) in [6.07, 6.45) is 2.73. The number of hydrogen-bond acceptors (Lipinski definition) is 2. The highest BCUT2D eigenvalue weighted by molar-refractivity contribution is 6.30. The van der Waals surface area contributed by atoms with Crippen LogP contribution in [0.15, 0.2) is 84.9 Å². The zero-order chi connectivity index (χ0) is 25.0. The topological polar surface area (TPSA) is 49.4 Å². The first-order chi connectivity index (χ1) is 17.0. The minimum absolute atomic E-state index is 0.0462. The Kier molecular flexibility index (Phi) is 10.4. The predicted molar refractivity (Wildman–Crippen MR) is 143 cm³/mol. The number of halogens is 1. The van der Waals surface area contributed by atoms with Crippen molar-refractivity contribution in [3.8, 4) is 0 Å². The van der Waals surface area contributed by atoms with E-state index in [0.717, 1.165) is 29.5 Å². The molecule has 0 spiro atoms. The summed E-state index contributed by atoms with van der Waals surface area (Å²) in [5.41, 5.74) is 3.11. The Bertz CT molecular complexity index is 1020. The van der Waals surface area contributed by atoms with E-state index < -0.39 is 6.04 Å². The second-order valence-corrected chi connectivity index (χ2v) is 9.23. The van der Waals surface area contributed by atoms with Crippen LogP contribution >= 0.6 is 11.6 Å². The lowest BCUT2D eigenvalue weighted by Crippen LogP contribution is -2.49. The maximum atomic E-state index is 13.9. The number of hydrogen-bond donors (Lipinski definition) is 1. The van der Waals surface area contributed by atoms with Crippen molar-refractivity contribution in [1.82, 2.24) is 10.2 Å². The molecule has 0 saturated carbocycles. The fourth-order valence-corrected chi connectivity index (χ4v) is 4.43. The third kappa shape index (κ3) is 7.69. The average Bonchev–Trinajstić information content (AvgIpc) is 2.89. The first-order valence-corrected chi connectivity index (χ1v) is 12.8. The zero-order valence-corrected chi connectivity index (χ0v) is 21.4. The lowest BCUT2D eigenvalue weighted by atomic mass is 9.88. The largest absolute Gasteiger partial charge is 0.354 e. The van der Waals surface area contributed by atoms with Crippen LogP contribution in [0.1, 0.15) is 62.1 Å². The van der Waals surface area contributed by atoms with E-state index in [2.05, 4.69) is 36.5 Å². The molecule has 3 aromatic rings. The van der Waals surface area contributed by atoms with Crippen molar-refractivity contribution in [1.29, 1.82) is 0 Å². The number of carbonyl (C=O) groups is 2. The van der Waals surface area contributed by atoms with Crippen LogP contribution in [0.2, 0.25) is 5.02 Å². The highest BCUT2D eigenvalue weighted by Gasteiger charge is 2.30. The normalized spacial score (nSPS) is 11.8. The summed E-state index contributed by atoms with van der Waals surface area (Å²) in [5, 5.41) is 3.67. The van der Waals surface area contributed by atoms with Gasteiger partial charge in [0.1, 0.15) is 6.04 Å². The number of unbranched alkanes of at least 4 members (excludes halogenated alkanes) is 1. The first kappa shape index (κ1) is 26.5. The van der Waals surface area contributed by atoms with Crippen molar-refractivity contribution in [2.45, 2.75) is 58.0 Å². The number of benzene rings is 3. The molecule has 184 valence electrons. The Balaban J connectivity index is 1.91. The van der Waals surface area contributed by atoms with Crippen LogP contribution in [0.3, 0.4) is 0 Å². The summed E-state index contributed by atoms with van der Waals surface area (Å²) < 4.78 is 0. The monoisotopic (exact) mass is 490 g/mol. The third-order valence-electron chi connectivity index (χ3n) is 6.26. The van der Waals surface area contributed by atoms with Crippen molar-refractivity contribution in [3.05, 3.63) is 107 Å². The van der Waals surface area contributed by atoms with Gasteiger partial charge in [-0.05, 0) is 41.7 Å². The van der Waals surface area contributed by atoms with Gasteiger partial charge in [-0.15, -0.1) is 0 Å². The van der Waals surface area contributed by atoms with Crippen molar-refractivity contribution < 1.29 is 9.59 Å². The van der Waals surface area contributed by atoms with Gasteiger partial charge in [-0.1, -0.05) is 105 Å². The maximum absolute atomic E-state index is 13.9. The van der Waals surface area contributed by atoms with Gasteiger partial charge >= 0.3 is 0 Å². The van der Waals surface area contributed by atoms with E-state index in [1.807, 2.05) is 67.6 Å². The highest BCUT2D eigenvalue weighted by atomic mass is 35.5. The van der Waals surface area contributed by atoms with Gasteiger partial charge in [0.25, 0.3) is 0 Å². The molecule has 0 aromatic heterocycles. The van der Waals surface area contributed by atoms with E-state index >= 15 is 0 Å². The van der Waals surface area contributed by atoms with E-state index in [0.29, 0.717) is 24.5 Å². The molecule has 5 heteroatoms. The zero-order valence-electron chi connectivity index (χ0n) is 20.6. The second-order valence-electron chi connectivity index (χ2n) is 8.79. The highest BCUT2D eigenvalue weighted by Crippen LogP contribution is 2.29. The Morgan fingerprint density at radius 1 is 0.857 bits per heavy atom.